The van der Waals surface area contributed by atoms with Crippen LogP contribution in [0.5, 0.6) is 0 Å². The zero-order valence-electron chi connectivity index (χ0n) is 16.6. The highest BCUT2D eigenvalue weighted by molar-refractivity contribution is 6.30. The van der Waals surface area contributed by atoms with Gasteiger partial charge < -0.3 is 11.1 Å². The number of rotatable bonds is 6. The number of hydrogen-bond donors (Lipinski definition) is 3. The van der Waals surface area contributed by atoms with E-state index in [0.29, 0.717) is 22.0 Å². The Hall–Kier alpha value is -3.91. The van der Waals surface area contributed by atoms with Crippen LogP contribution in [0, 0.1) is 6.92 Å². The Morgan fingerprint density at radius 1 is 1.13 bits per heavy atom. The number of carbonyl (C=O) groups is 2. The van der Waals surface area contributed by atoms with Gasteiger partial charge >= 0.3 is 0 Å². The average Bonchev–Trinajstić information content (AvgIpc) is 3.33. The van der Waals surface area contributed by atoms with E-state index in [1.165, 1.54) is 0 Å². The van der Waals surface area contributed by atoms with Crippen LogP contribution in [0.25, 0.3) is 16.9 Å². The fourth-order valence-electron chi connectivity index (χ4n) is 3.22. The van der Waals surface area contributed by atoms with Crippen LogP contribution in [0.2, 0.25) is 5.02 Å². The number of aromatic nitrogens is 4. The van der Waals surface area contributed by atoms with Gasteiger partial charge in [0.05, 0.1) is 29.2 Å². The molecule has 0 atom stereocenters. The molecule has 2 amide bonds. The standard InChI is InChI=1S/C22H19ClN6O2/c1-13-19(21(22(24)31)27-26-13)25-18(30)11-15-12-29(17-5-3-2-4-6-17)28-20(15)14-7-9-16(23)10-8-14/h2-10,12H,11H2,1H3,(H2,24,31)(H,25,30)(H,26,27). The molecule has 0 aliphatic carbocycles. The average molecular weight is 435 g/mol. The van der Waals surface area contributed by atoms with Crippen molar-refractivity contribution in [1.82, 2.24) is 20.0 Å². The van der Waals surface area contributed by atoms with Crippen molar-refractivity contribution in [3.8, 4) is 16.9 Å². The molecule has 156 valence electrons. The number of H-pyrrole nitrogens is 1. The Morgan fingerprint density at radius 2 is 1.84 bits per heavy atom. The third kappa shape index (κ3) is 4.34. The smallest absolute Gasteiger partial charge is 0.271 e. The highest BCUT2D eigenvalue weighted by atomic mass is 35.5. The van der Waals surface area contributed by atoms with Gasteiger partial charge in [0.1, 0.15) is 0 Å². The molecule has 0 saturated heterocycles. The van der Waals surface area contributed by atoms with E-state index in [0.717, 1.165) is 11.3 Å². The predicted molar refractivity (Wildman–Crippen MR) is 118 cm³/mol. The van der Waals surface area contributed by atoms with Gasteiger partial charge in [-0.15, -0.1) is 0 Å². The molecule has 2 aromatic carbocycles. The van der Waals surface area contributed by atoms with Crippen molar-refractivity contribution in [3.05, 3.63) is 82.8 Å². The number of carbonyl (C=O) groups excluding carboxylic acids is 2. The van der Waals surface area contributed by atoms with Crippen LogP contribution in [-0.4, -0.2) is 31.8 Å². The van der Waals surface area contributed by atoms with E-state index in [1.807, 2.05) is 48.7 Å². The first-order valence-corrected chi connectivity index (χ1v) is 9.84. The maximum atomic E-state index is 12.8. The Balaban J connectivity index is 1.67. The van der Waals surface area contributed by atoms with Gasteiger partial charge in [0.25, 0.3) is 5.91 Å². The van der Waals surface area contributed by atoms with E-state index in [1.54, 1.807) is 23.7 Å². The van der Waals surface area contributed by atoms with Crippen LogP contribution < -0.4 is 11.1 Å². The second-order valence-corrected chi connectivity index (χ2v) is 7.39. The van der Waals surface area contributed by atoms with E-state index in [-0.39, 0.29) is 23.7 Å². The van der Waals surface area contributed by atoms with Crippen LogP contribution in [0.1, 0.15) is 21.7 Å². The normalized spacial score (nSPS) is 10.8. The zero-order chi connectivity index (χ0) is 22.0. The fourth-order valence-corrected chi connectivity index (χ4v) is 3.35. The molecule has 0 aliphatic rings. The molecule has 4 rings (SSSR count). The maximum absolute atomic E-state index is 12.8. The summed E-state index contributed by atoms with van der Waals surface area (Å²) in [6.45, 7) is 1.70. The van der Waals surface area contributed by atoms with E-state index in [2.05, 4.69) is 15.5 Å². The Kier molecular flexibility index (Phi) is 5.55. The minimum absolute atomic E-state index is 0.0104. The number of aromatic amines is 1. The number of hydrogen-bond acceptors (Lipinski definition) is 4. The lowest BCUT2D eigenvalue weighted by Gasteiger charge is -2.06. The van der Waals surface area contributed by atoms with Crippen molar-refractivity contribution in [2.24, 2.45) is 5.73 Å². The van der Waals surface area contributed by atoms with Gasteiger partial charge in [-0.25, -0.2) is 4.68 Å². The quantitative estimate of drug-likeness (QED) is 0.430. The molecule has 0 saturated carbocycles. The molecule has 0 spiro atoms. The summed E-state index contributed by atoms with van der Waals surface area (Å²) in [5.41, 5.74) is 9.22. The summed E-state index contributed by atoms with van der Waals surface area (Å²) in [7, 11) is 0. The van der Waals surface area contributed by atoms with Gasteiger partial charge in [0.2, 0.25) is 5.91 Å². The Labute approximate surface area is 183 Å². The summed E-state index contributed by atoms with van der Waals surface area (Å²) in [5.74, 6) is -1.05. The van der Waals surface area contributed by atoms with Crippen LogP contribution >= 0.6 is 11.6 Å². The summed E-state index contributed by atoms with van der Waals surface area (Å²) in [6.07, 6.45) is 1.85. The molecular formula is C22H19ClN6O2. The Morgan fingerprint density at radius 3 is 2.52 bits per heavy atom. The van der Waals surface area contributed by atoms with Crippen LogP contribution in [0.4, 0.5) is 5.69 Å². The first-order valence-electron chi connectivity index (χ1n) is 9.47. The van der Waals surface area contributed by atoms with E-state index >= 15 is 0 Å². The summed E-state index contributed by atoms with van der Waals surface area (Å²) in [6, 6.07) is 16.9. The predicted octanol–water partition coefficient (Wildman–Crippen LogP) is 3.50. The lowest BCUT2D eigenvalue weighted by Crippen LogP contribution is -2.19. The highest BCUT2D eigenvalue weighted by Crippen LogP contribution is 2.26. The van der Waals surface area contributed by atoms with Crippen molar-refractivity contribution in [1.29, 1.82) is 0 Å². The molecule has 8 nitrogen and oxygen atoms in total. The summed E-state index contributed by atoms with van der Waals surface area (Å²) >= 11 is 6.02. The molecule has 0 bridgehead atoms. The fraction of sp³-hybridized carbons (Fsp3) is 0.0909. The molecular weight excluding hydrogens is 416 g/mol. The monoisotopic (exact) mass is 434 g/mol. The minimum Gasteiger partial charge on any atom is -0.364 e. The van der Waals surface area contributed by atoms with Gasteiger partial charge in [-0.3, -0.25) is 14.7 Å². The lowest BCUT2D eigenvalue weighted by atomic mass is 10.1. The minimum atomic E-state index is -0.724. The third-order valence-electron chi connectivity index (χ3n) is 4.72. The lowest BCUT2D eigenvalue weighted by molar-refractivity contribution is -0.115. The maximum Gasteiger partial charge on any atom is 0.271 e. The van der Waals surface area contributed by atoms with Gasteiger partial charge in [-0.05, 0) is 31.2 Å². The molecule has 4 aromatic rings. The molecule has 9 heteroatoms. The number of nitrogens with one attached hydrogen (secondary N) is 2. The molecule has 2 aromatic heterocycles. The first-order chi connectivity index (χ1) is 14.9. The number of primary amides is 1. The number of amides is 2. The van der Waals surface area contributed by atoms with Crippen molar-refractivity contribution in [2.75, 3.05) is 5.32 Å². The number of nitrogens with two attached hydrogens (primary N) is 1. The number of anilines is 1. The summed E-state index contributed by atoms with van der Waals surface area (Å²) in [4.78, 5) is 24.4. The second kappa shape index (κ2) is 8.45. The van der Waals surface area contributed by atoms with Gasteiger partial charge in [-0.1, -0.05) is 41.9 Å². The first kappa shape index (κ1) is 20.4. The van der Waals surface area contributed by atoms with Crippen molar-refractivity contribution in [3.63, 3.8) is 0 Å². The summed E-state index contributed by atoms with van der Waals surface area (Å²) in [5, 5.41) is 14.6. The van der Waals surface area contributed by atoms with Crippen LogP contribution in [0.15, 0.2) is 60.8 Å². The SMILES string of the molecule is Cc1[nH]nc(C(N)=O)c1NC(=O)Cc1cn(-c2ccccc2)nc1-c1ccc(Cl)cc1. The van der Waals surface area contributed by atoms with Gasteiger partial charge in [0.15, 0.2) is 5.69 Å². The zero-order valence-corrected chi connectivity index (χ0v) is 17.3. The summed E-state index contributed by atoms with van der Waals surface area (Å²) < 4.78 is 1.73. The molecule has 4 N–H and O–H groups in total. The van der Waals surface area contributed by atoms with Crippen molar-refractivity contribution in [2.45, 2.75) is 13.3 Å². The van der Waals surface area contributed by atoms with Gasteiger partial charge in [0, 0.05) is 22.3 Å². The molecule has 0 aliphatic heterocycles. The number of benzene rings is 2. The van der Waals surface area contributed by atoms with E-state index in [9.17, 15) is 9.59 Å². The van der Waals surface area contributed by atoms with Crippen molar-refractivity contribution >= 4 is 29.1 Å². The third-order valence-corrected chi connectivity index (χ3v) is 4.98. The van der Waals surface area contributed by atoms with Gasteiger partial charge in [-0.2, -0.15) is 10.2 Å². The largest absolute Gasteiger partial charge is 0.364 e. The van der Waals surface area contributed by atoms with Crippen LogP contribution in [-0.2, 0) is 11.2 Å². The topological polar surface area (TPSA) is 119 Å². The Bertz CT molecular complexity index is 1250. The molecule has 0 fully saturated rings. The van der Waals surface area contributed by atoms with E-state index in [4.69, 9.17) is 22.4 Å². The molecule has 0 radical (unpaired) electrons. The number of nitrogens with zero attached hydrogens (tertiary/aromatic N) is 3. The van der Waals surface area contributed by atoms with E-state index < -0.39 is 5.91 Å². The second-order valence-electron chi connectivity index (χ2n) is 6.95. The number of para-hydroxylation sites is 1. The number of halogens is 1. The molecule has 31 heavy (non-hydrogen) atoms. The van der Waals surface area contributed by atoms with Crippen LogP contribution in [0.3, 0.4) is 0 Å². The number of aryl methyl sites for hydroxylation is 1. The highest BCUT2D eigenvalue weighted by Gasteiger charge is 2.20. The molecule has 2 heterocycles. The molecule has 0 unspecified atom stereocenters. The van der Waals surface area contributed by atoms with Crippen molar-refractivity contribution < 1.29 is 9.59 Å².